The normalized spacial score (nSPS) is 15.1. The van der Waals surface area contributed by atoms with Gasteiger partial charge in [0.05, 0.1) is 0 Å². The number of rotatable bonds is 8. The fourth-order valence-corrected chi connectivity index (χ4v) is 6.55. The van der Waals surface area contributed by atoms with Crippen LogP contribution in [0.1, 0.15) is 78.2 Å². The standard InChI is InChI=1S/C35H41N3O3/c1-7-38-19-10-12-23-20-28-30(22-31(23)38)35(2,3)29-21-24(36(4)5)16-17-27(29)33(28)25-13-8-9-14-26(25)34(41)37(6)18-11-15-32(39)40/h8-9,13-14,16-17,20-22H,7,10-12,15,18-19H2,1-6H3/p+1. The molecule has 2 aliphatic rings. The summed E-state index contributed by atoms with van der Waals surface area (Å²) in [5.74, 6) is -0.937. The van der Waals surface area contributed by atoms with Crippen molar-refractivity contribution < 1.29 is 14.7 Å². The van der Waals surface area contributed by atoms with Crippen LogP contribution in [-0.4, -0.2) is 62.7 Å². The van der Waals surface area contributed by atoms with Crippen molar-refractivity contribution in [3.63, 3.8) is 0 Å². The summed E-state index contributed by atoms with van der Waals surface area (Å²) in [6, 6.07) is 19.4. The Bertz CT molecular complexity index is 1650. The van der Waals surface area contributed by atoms with Crippen LogP contribution in [-0.2, 0) is 16.6 Å². The maximum Gasteiger partial charge on any atom is 0.303 e. The quantitative estimate of drug-likeness (QED) is 0.429. The number of anilines is 1. The summed E-state index contributed by atoms with van der Waals surface area (Å²) in [5.41, 5.74) is 8.63. The largest absolute Gasteiger partial charge is 0.481 e. The number of aryl methyl sites for hydroxylation is 1. The van der Waals surface area contributed by atoms with Crippen LogP contribution in [0.3, 0.4) is 0 Å². The first-order valence-electron chi connectivity index (χ1n) is 14.7. The zero-order valence-electron chi connectivity index (χ0n) is 25.3. The number of fused-ring (bicyclic) bond motifs is 3. The summed E-state index contributed by atoms with van der Waals surface area (Å²) in [6.07, 6.45) is 2.65. The molecule has 1 heterocycles. The number of hydrogen-bond donors (Lipinski definition) is 1. The fourth-order valence-electron chi connectivity index (χ4n) is 6.55. The van der Waals surface area contributed by atoms with Crippen LogP contribution in [0.15, 0.2) is 54.6 Å². The van der Waals surface area contributed by atoms with Gasteiger partial charge in [-0.3, -0.25) is 9.59 Å². The lowest BCUT2D eigenvalue weighted by Gasteiger charge is -2.36. The molecule has 3 aromatic rings. The van der Waals surface area contributed by atoms with E-state index in [1.165, 1.54) is 27.3 Å². The molecule has 1 aliphatic carbocycles. The first-order chi connectivity index (χ1) is 19.5. The third-order valence-electron chi connectivity index (χ3n) is 8.88. The molecule has 5 rings (SSSR count). The molecule has 1 N–H and O–H groups in total. The Morgan fingerprint density at radius 2 is 1.73 bits per heavy atom. The predicted molar refractivity (Wildman–Crippen MR) is 165 cm³/mol. The van der Waals surface area contributed by atoms with E-state index < -0.39 is 5.97 Å². The molecule has 41 heavy (non-hydrogen) atoms. The highest BCUT2D eigenvalue weighted by molar-refractivity contribution is 6.01. The van der Waals surface area contributed by atoms with Crippen molar-refractivity contribution in [2.24, 2.45) is 0 Å². The van der Waals surface area contributed by atoms with Crippen molar-refractivity contribution in [2.75, 3.05) is 45.7 Å². The fraction of sp³-hybridized carbons (Fsp3) is 0.400. The highest BCUT2D eigenvalue weighted by Gasteiger charge is 2.36. The molecule has 6 heteroatoms. The van der Waals surface area contributed by atoms with Gasteiger partial charge in [-0.15, -0.1) is 0 Å². The molecule has 0 saturated carbocycles. The average molecular weight is 553 g/mol. The lowest BCUT2D eigenvalue weighted by atomic mass is 9.68. The molecule has 1 aliphatic heterocycles. The molecule has 0 unspecified atom stereocenters. The van der Waals surface area contributed by atoms with Gasteiger partial charge in [0, 0.05) is 68.8 Å². The maximum atomic E-state index is 13.8. The number of carboxylic acid groups (broad SMARTS) is 1. The van der Waals surface area contributed by atoms with Gasteiger partial charge in [0.1, 0.15) is 13.1 Å². The number of nitrogens with zero attached hydrogens (tertiary/aromatic N) is 3. The number of carbonyl (C=O) groups is 2. The molecule has 214 valence electrons. The van der Waals surface area contributed by atoms with Crippen molar-refractivity contribution in [1.29, 1.82) is 0 Å². The van der Waals surface area contributed by atoms with Crippen molar-refractivity contribution >= 4 is 23.1 Å². The summed E-state index contributed by atoms with van der Waals surface area (Å²) in [7, 11) is 5.90. The van der Waals surface area contributed by atoms with Crippen LogP contribution in [0.4, 0.5) is 5.69 Å². The molecule has 0 aromatic heterocycles. The number of benzene rings is 3. The molecular formula is C35H42N3O3+. The minimum atomic E-state index is -0.845. The summed E-state index contributed by atoms with van der Waals surface area (Å²) < 4.78 is 2.49. The van der Waals surface area contributed by atoms with E-state index in [0.29, 0.717) is 18.5 Å². The van der Waals surface area contributed by atoms with Gasteiger partial charge in [-0.1, -0.05) is 38.1 Å². The number of aliphatic carboxylic acids is 1. The number of hydrogen-bond acceptors (Lipinski definition) is 3. The van der Waals surface area contributed by atoms with Gasteiger partial charge in [-0.25, -0.2) is 4.58 Å². The van der Waals surface area contributed by atoms with E-state index in [1.807, 2.05) is 18.2 Å². The lowest BCUT2D eigenvalue weighted by molar-refractivity contribution is -0.137. The number of carbonyl (C=O) groups excluding carboxylic acids is 1. The SMILES string of the molecule is CC[N+]1=c2cc3c(cc2CCC1)=C(c1ccccc1C(=O)N(C)CCCC(=O)O)c1ccc(N(C)C)cc1C3(C)C. The zero-order chi connectivity index (χ0) is 29.5. The van der Waals surface area contributed by atoms with Crippen LogP contribution < -0.4 is 20.1 Å². The highest BCUT2D eigenvalue weighted by Crippen LogP contribution is 2.42. The van der Waals surface area contributed by atoms with E-state index in [-0.39, 0.29) is 17.7 Å². The van der Waals surface area contributed by atoms with E-state index in [2.05, 4.69) is 80.7 Å². The highest BCUT2D eigenvalue weighted by atomic mass is 16.4. The molecule has 0 radical (unpaired) electrons. The molecule has 0 spiro atoms. The number of carboxylic acids is 1. The monoisotopic (exact) mass is 552 g/mol. The van der Waals surface area contributed by atoms with Crippen molar-refractivity contribution in [2.45, 2.75) is 51.9 Å². The Morgan fingerprint density at radius 1 is 0.976 bits per heavy atom. The Balaban J connectivity index is 1.81. The Labute approximate surface area is 243 Å². The van der Waals surface area contributed by atoms with Crippen LogP contribution in [0.5, 0.6) is 0 Å². The van der Waals surface area contributed by atoms with E-state index >= 15 is 0 Å². The smallest absolute Gasteiger partial charge is 0.303 e. The van der Waals surface area contributed by atoms with Crippen molar-refractivity contribution in [3.8, 4) is 0 Å². The molecule has 1 amide bonds. The van der Waals surface area contributed by atoms with E-state index in [9.17, 15) is 9.59 Å². The second-order valence-corrected chi connectivity index (χ2v) is 12.1. The van der Waals surface area contributed by atoms with Crippen LogP contribution >= 0.6 is 0 Å². The van der Waals surface area contributed by atoms with Crippen LogP contribution in [0.2, 0.25) is 0 Å². The van der Waals surface area contributed by atoms with Gasteiger partial charge >= 0.3 is 5.97 Å². The maximum absolute atomic E-state index is 13.8. The molecule has 0 fully saturated rings. The third-order valence-corrected chi connectivity index (χ3v) is 8.88. The van der Waals surface area contributed by atoms with Gasteiger partial charge < -0.3 is 14.9 Å². The average Bonchev–Trinajstić information content (AvgIpc) is 2.95. The second-order valence-electron chi connectivity index (χ2n) is 12.1. The van der Waals surface area contributed by atoms with Crippen molar-refractivity contribution in [1.82, 2.24) is 9.48 Å². The Morgan fingerprint density at radius 3 is 2.44 bits per heavy atom. The summed E-state index contributed by atoms with van der Waals surface area (Å²) in [6.45, 7) is 9.31. The van der Waals surface area contributed by atoms with Crippen molar-refractivity contribution in [3.05, 3.63) is 98.6 Å². The minimum absolute atomic E-state index is 0.0422. The first-order valence-corrected chi connectivity index (χ1v) is 14.7. The van der Waals surface area contributed by atoms with Crippen LogP contribution in [0.25, 0.3) is 5.57 Å². The Kier molecular flexibility index (Phi) is 7.78. The lowest BCUT2D eigenvalue weighted by Crippen LogP contribution is -2.43. The summed E-state index contributed by atoms with van der Waals surface area (Å²) in [5, 5.41) is 11.6. The molecule has 0 saturated heterocycles. The molecule has 3 aromatic carbocycles. The van der Waals surface area contributed by atoms with Gasteiger partial charge in [0.15, 0.2) is 0 Å². The van der Waals surface area contributed by atoms with E-state index in [0.717, 1.165) is 48.3 Å². The number of amides is 1. The Hall–Kier alpha value is -3.93. The van der Waals surface area contributed by atoms with Gasteiger partial charge in [0.25, 0.3) is 5.91 Å². The topological polar surface area (TPSA) is 63.9 Å². The second kappa shape index (κ2) is 11.2. The van der Waals surface area contributed by atoms with Gasteiger partial charge in [-0.05, 0) is 77.1 Å². The molecule has 0 atom stereocenters. The molecule has 0 bridgehead atoms. The van der Waals surface area contributed by atoms with Gasteiger partial charge in [-0.2, -0.15) is 0 Å². The van der Waals surface area contributed by atoms with Crippen LogP contribution in [0, 0.1) is 0 Å². The summed E-state index contributed by atoms with van der Waals surface area (Å²) >= 11 is 0. The minimum Gasteiger partial charge on any atom is -0.481 e. The first kappa shape index (κ1) is 28.6. The van der Waals surface area contributed by atoms with Gasteiger partial charge in [0.2, 0.25) is 5.36 Å². The molecular weight excluding hydrogens is 510 g/mol. The van der Waals surface area contributed by atoms with E-state index in [4.69, 9.17) is 5.11 Å². The zero-order valence-corrected chi connectivity index (χ0v) is 25.3. The predicted octanol–water partition coefficient (Wildman–Crippen LogP) is 4.03. The summed E-state index contributed by atoms with van der Waals surface area (Å²) in [4.78, 5) is 28.7. The van der Waals surface area contributed by atoms with E-state index in [1.54, 1.807) is 11.9 Å². The third kappa shape index (κ3) is 5.16. The molecule has 6 nitrogen and oxygen atoms in total.